The van der Waals surface area contributed by atoms with Crippen LogP contribution >= 0.6 is 0 Å². The third-order valence-corrected chi connectivity index (χ3v) is 5.08. The van der Waals surface area contributed by atoms with Crippen LogP contribution in [0.15, 0.2) is 47.6 Å². The van der Waals surface area contributed by atoms with Gasteiger partial charge in [0.25, 0.3) is 10.0 Å². The van der Waals surface area contributed by atoms with Crippen molar-refractivity contribution < 1.29 is 13.2 Å². The predicted molar refractivity (Wildman–Crippen MR) is 88.5 cm³/mol. The fourth-order valence-corrected chi connectivity index (χ4v) is 3.57. The van der Waals surface area contributed by atoms with Crippen LogP contribution in [0.2, 0.25) is 0 Å². The predicted octanol–water partition coefficient (Wildman–Crippen LogP) is 2.76. The van der Waals surface area contributed by atoms with Crippen LogP contribution in [0.3, 0.4) is 0 Å². The normalized spacial score (nSPS) is 11.6. The van der Waals surface area contributed by atoms with Gasteiger partial charge in [-0.1, -0.05) is 6.07 Å². The number of aryl methyl sites for hydroxylation is 2. The first-order valence-corrected chi connectivity index (χ1v) is 8.51. The molecule has 0 fully saturated rings. The van der Waals surface area contributed by atoms with E-state index in [1.165, 1.54) is 7.11 Å². The number of nitrogens with zero attached hydrogens (tertiary/aromatic N) is 2. The number of sulfonamides is 1. The third kappa shape index (κ3) is 2.75. The van der Waals surface area contributed by atoms with Gasteiger partial charge < -0.3 is 4.74 Å². The van der Waals surface area contributed by atoms with E-state index in [1.54, 1.807) is 28.9 Å². The van der Waals surface area contributed by atoms with Gasteiger partial charge in [0, 0.05) is 6.20 Å². The molecule has 0 amide bonds. The zero-order valence-electron chi connectivity index (χ0n) is 13.1. The Labute approximate surface area is 134 Å². The van der Waals surface area contributed by atoms with Gasteiger partial charge in [-0.3, -0.25) is 4.40 Å². The average Bonchev–Trinajstić information content (AvgIpc) is 2.92. The summed E-state index contributed by atoms with van der Waals surface area (Å²) in [7, 11) is -2.36. The van der Waals surface area contributed by atoms with Crippen LogP contribution in [0.5, 0.6) is 5.75 Å². The molecule has 7 heteroatoms. The molecule has 0 spiro atoms. The Balaban J connectivity index is 2.07. The van der Waals surface area contributed by atoms with Gasteiger partial charge in [-0.2, -0.15) is 0 Å². The van der Waals surface area contributed by atoms with E-state index in [1.807, 2.05) is 32.0 Å². The second kappa shape index (κ2) is 5.58. The molecular weight excluding hydrogens is 314 g/mol. The molecular formula is C16H17N3O3S. The van der Waals surface area contributed by atoms with Crippen molar-refractivity contribution in [3.8, 4) is 5.75 Å². The van der Waals surface area contributed by atoms with Crippen molar-refractivity contribution >= 4 is 21.5 Å². The van der Waals surface area contributed by atoms with Crippen LogP contribution in [0.25, 0.3) is 5.52 Å². The van der Waals surface area contributed by atoms with Gasteiger partial charge in [-0.25, -0.2) is 18.1 Å². The van der Waals surface area contributed by atoms with Gasteiger partial charge in [0.05, 0.1) is 18.8 Å². The first kappa shape index (κ1) is 15.4. The largest absolute Gasteiger partial charge is 0.495 e. The lowest BCUT2D eigenvalue weighted by molar-refractivity contribution is 0.402. The summed E-state index contributed by atoms with van der Waals surface area (Å²) in [5.41, 5.74) is 2.64. The molecule has 0 radical (unpaired) electrons. The molecule has 2 aromatic heterocycles. The molecule has 6 nitrogen and oxygen atoms in total. The lowest BCUT2D eigenvalue weighted by atomic mass is 10.1. The van der Waals surface area contributed by atoms with Crippen LogP contribution < -0.4 is 9.46 Å². The van der Waals surface area contributed by atoms with Crippen LogP contribution in [0.4, 0.5) is 5.95 Å². The molecule has 0 aliphatic carbocycles. The molecule has 0 saturated heterocycles. The maximum Gasteiger partial charge on any atom is 0.267 e. The van der Waals surface area contributed by atoms with Crippen molar-refractivity contribution in [2.45, 2.75) is 18.7 Å². The van der Waals surface area contributed by atoms with Crippen molar-refractivity contribution in [1.29, 1.82) is 0 Å². The fourth-order valence-electron chi connectivity index (χ4n) is 2.33. The van der Waals surface area contributed by atoms with E-state index >= 15 is 0 Å². The molecule has 0 atom stereocenters. The number of pyridine rings is 1. The van der Waals surface area contributed by atoms with Gasteiger partial charge in [0.1, 0.15) is 10.6 Å². The molecule has 0 bridgehead atoms. The molecule has 0 saturated carbocycles. The minimum absolute atomic E-state index is 0.0933. The number of anilines is 1. The number of imidazole rings is 1. The number of fused-ring (bicyclic) bond motifs is 1. The number of hydrogen-bond donors (Lipinski definition) is 1. The van der Waals surface area contributed by atoms with Crippen molar-refractivity contribution in [3.05, 3.63) is 53.9 Å². The van der Waals surface area contributed by atoms with Gasteiger partial charge in [-0.15, -0.1) is 0 Å². The monoisotopic (exact) mass is 331 g/mol. The lowest BCUT2D eigenvalue weighted by Crippen LogP contribution is -2.16. The van der Waals surface area contributed by atoms with E-state index in [9.17, 15) is 8.42 Å². The number of benzene rings is 1. The maximum absolute atomic E-state index is 12.7. The first-order valence-electron chi connectivity index (χ1n) is 7.02. The Morgan fingerprint density at radius 1 is 1.17 bits per heavy atom. The van der Waals surface area contributed by atoms with Gasteiger partial charge in [0.15, 0.2) is 0 Å². The topological polar surface area (TPSA) is 72.7 Å². The van der Waals surface area contributed by atoms with E-state index in [0.29, 0.717) is 5.75 Å². The number of hydrogen-bond acceptors (Lipinski definition) is 4. The molecule has 120 valence electrons. The van der Waals surface area contributed by atoms with Gasteiger partial charge in [-0.05, 0) is 49.2 Å². The molecule has 1 N–H and O–H groups in total. The molecule has 3 aromatic rings. The van der Waals surface area contributed by atoms with Crippen molar-refractivity contribution in [2.24, 2.45) is 0 Å². The minimum atomic E-state index is -3.82. The molecule has 0 aliphatic heterocycles. The van der Waals surface area contributed by atoms with Crippen LogP contribution in [-0.4, -0.2) is 24.9 Å². The highest BCUT2D eigenvalue weighted by molar-refractivity contribution is 7.92. The average molecular weight is 331 g/mol. The summed E-state index contributed by atoms with van der Waals surface area (Å²) in [5.74, 6) is 0.544. The Hall–Kier alpha value is -2.54. The van der Waals surface area contributed by atoms with Gasteiger partial charge in [0.2, 0.25) is 5.95 Å². The van der Waals surface area contributed by atoms with Crippen LogP contribution in [-0.2, 0) is 10.0 Å². The van der Waals surface area contributed by atoms with E-state index in [2.05, 4.69) is 9.71 Å². The Kier molecular flexibility index (Phi) is 3.73. The number of ether oxygens (including phenoxy) is 1. The summed E-state index contributed by atoms with van der Waals surface area (Å²) in [6.07, 6.45) is 3.35. The summed E-state index contributed by atoms with van der Waals surface area (Å²) >= 11 is 0. The smallest absolute Gasteiger partial charge is 0.267 e. The molecule has 23 heavy (non-hydrogen) atoms. The quantitative estimate of drug-likeness (QED) is 0.798. The second-order valence-electron chi connectivity index (χ2n) is 5.27. The Morgan fingerprint density at radius 2 is 1.91 bits per heavy atom. The Bertz CT molecular complexity index is 977. The summed E-state index contributed by atoms with van der Waals surface area (Å²) in [5, 5.41) is 0. The number of methoxy groups -OCH3 is 1. The number of aromatic nitrogens is 2. The highest BCUT2D eigenvalue weighted by atomic mass is 32.2. The van der Waals surface area contributed by atoms with Crippen molar-refractivity contribution in [2.75, 3.05) is 11.8 Å². The van der Waals surface area contributed by atoms with Gasteiger partial charge >= 0.3 is 0 Å². The third-order valence-electron chi connectivity index (χ3n) is 3.73. The summed E-state index contributed by atoms with van der Waals surface area (Å²) in [6.45, 7) is 3.77. The van der Waals surface area contributed by atoms with E-state index in [4.69, 9.17) is 4.74 Å². The molecule has 3 rings (SSSR count). The standard InChI is InChI=1S/C16H17N3O3S/c1-11-8-14(22-3)15(9-12(11)2)23(20,21)18-16-17-10-13-6-4-5-7-19(13)16/h4-10H,1-3H3,(H,17,18). The van der Waals surface area contributed by atoms with E-state index in [0.717, 1.165) is 16.6 Å². The molecule has 2 heterocycles. The first-order chi connectivity index (χ1) is 10.9. The lowest BCUT2D eigenvalue weighted by Gasteiger charge is -2.13. The zero-order valence-corrected chi connectivity index (χ0v) is 13.9. The van der Waals surface area contributed by atoms with Crippen molar-refractivity contribution in [3.63, 3.8) is 0 Å². The summed E-state index contributed by atoms with van der Waals surface area (Å²) in [4.78, 5) is 4.23. The molecule has 0 unspecified atom stereocenters. The highest BCUT2D eigenvalue weighted by Gasteiger charge is 2.22. The second-order valence-corrected chi connectivity index (χ2v) is 6.92. The molecule has 1 aromatic carbocycles. The number of rotatable bonds is 4. The SMILES string of the molecule is COc1cc(C)c(C)cc1S(=O)(=O)Nc1ncc2ccccn12. The van der Waals surface area contributed by atoms with Crippen molar-refractivity contribution in [1.82, 2.24) is 9.38 Å². The minimum Gasteiger partial charge on any atom is -0.495 e. The Morgan fingerprint density at radius 3 is 2.65 bits per heavy atom. The fraction of sp³-hybridized carbons (Fsp3) is 0.188. The van der Waals surface area contributed by atoms with E-state index < -0.39 is 10.0 Å². The van der Waals surface area contributed by atoms with Crippen LogP contribution in [0.1, 0.15) is 11.1 Å². The highest BCUT2D eigenvalue weighted by Crippen LogP contribution is 2.28. The zero-order chi connectivity index (χ0) is 16.6. The molecule has 0 aliphatic rings. The number of nitrogens with one attached hydrogen (secondary N) is 1. The maximum atomic E-state index is 12.7. The van der Waals surface area contributed by atoms with Crippen LogP contribution in [0, 0.1) is 13.8 Å². The summed E-state index contributed by atoms with van der Waals surface area (Å²) in [6, 6.07) is 8.84. The van der Waals surface area contributed by atoms with E-state index in [-0.39, 0.29) is 10.8 Å². The summed E-state index contributed by atoms with van der Waals surface area (Å²) < 4.78 is 34.9.